The number of furan rings is 1. The zero-order chi connectivity index (χ0) is 13.0. The zero-order valence-corrected chi connectivity index (χ0v) is 10.5. The van der Waals surface area contributed by atoms with E-state index in [1.807, 2.05) is 12.1 Å². The third kappa shape index (κ3) is 3.59. The van der Waals surface area contributed by atoms with Crippen LogP contribution in [-0.2, 0) is 12.8 Å². The summed E-state index contributed by atoms with van der Waals surface area (Å²) in [5.74, 6) is 0.414. The molecule has 96 valence electrons. The number of aryl methyl sites for hydroxylation is 1. The van der Waals surface area contributed by atoms with Crippen molar-refractivity contribution >= 4 is 11.6 Å². The van der Waals surface area contributed by atoms with Gasteiger partial charge in [0.05, 0.1) is 17.4 Å². The predicted molar refractivity (Wildman–Crippen MR) is 68.1 cm³/mol. The molecule has 1 unspecified atom stereocenters. The van der Waals surface area contributed by atoms with Crippen molar-refractivity contribution in [2.24, 2.45) is 0 Å². The number of benzene rings is 1. The summed E-state index contributed by atoms with van der Waals surface area (Å²) < 4.78 is 18.2. The van der Waals surface area contributed by atoms with Crippen molar-refractivity contribution in [3.05, 3.63) is 58.8 Å². The normalized spacial score (nSPS) is 12.6. The largest absolute Gasteiger partial charge is 0.469 e. The number of hydrogen-bond donors (Lipinski definition) is 1. The first-order valence-corrected chi connectivity index (χ1v) is 6.17. The van der Waals surface area contributed by atoms with E-state index in [1.54, 1.807) is 18.4 Å². The minimum atomic E-state index is -0.489. The van der Waals surface area contributed by atoms with E-state index in [0.717, 1.165) is 11.3 Å². The first-order chi connectivity index (χ1) is 8.65. The smallest absolute Gasteiger partial charge is 0.141 e. The number of aliphatic hydroxyl groups excluding tert-OH is 1. The summed E-state index contributed by atoms with van der Waals surface area (Å²) in [6, 6.07) is 8.20. The molecule has 1 heterocycles. The molecule has 0 aliphatic rings. The highest BCUT2D eigenvalue weighted by Crippen LogP contribution is 2.18. The van der Waals surface area contributed by atoms with Gasteiger partial charge in [0.25, 0.3) is 0 Å². The van der Waals surface area contributed by atoms with Gasteiger partial charge in [0.2, 0.25) is 0 Å². The van der Waals surface area contributed by atoms with Crippen molar-refractivity contribution in [2.45, 2.75) is 25.4 Å². The van der Waals surface area contributed by atoms with E-state index in [4.69, 9.17) is 16.0 Å². The van der Waals surface area contributed by atoms with Gasteiger partial charge in [0.15, 0.2) is 0 Å². The van der Waals surface area contributed by atoms with E-state index in [1.165, 1.54) is 6.07 Å². The van der Waals surface area contributed by atoms with Gasteiger partial charge in [-0.25, -0.2) is 4.39 Å². The third-order valence-corrected chi connectivity index (χ3v) is 3.05. The van der Waals surface area contributed by atoms with Crippen LogP contribution in [-0.4, -0.2) is 11.2 Å². The van der Waals surface area contributed by atoms with Gasteiger partial charge in [-0.05, 0) is 42.7 Å². The maximum Gasteiger partial charge on any atom is 0.141 e. The van der Waals surface area contributed by atoms with Gasteiger partial charge >= 0.3 is 0 Å². The molecular formula is C14H14ClFO2. The lowest BCUT2D eigenvalue weighted by Gasteiger charge is -2.10. The van der Waals surface area contributed by atoms with Crippen LogP contribution < -0.4 is 0 Å². The van der Waals surface area contributed by atoms with Gasteiger partial charge in [0.1, 0.15) is 11.6 Å². The van der Waals surface area contributed by atoms with Crippen molar-refractivity contribution in [1.29, 1.82) is 0 Å². The summed E-state index contributed by atoms with van der Waals surface area (Å²) in [6.07, 6.45) is 2.87. The standard InChI is InChI=1S/C14H14ClFO2/c15-13-9-10(3-6-14(13)16)8-11(17)4-5-12-2-1-7-18-12/h1-3,6-7,9,11,17H,4-5,8H2. The maximum absolute atomic E-state index is 13.0. The minimum Gasteiger partial charge on any atom is -0.469 e. The van der Waals surface area contributed by atoms with Gasteiger partial charge in [-0.1, -0.05) is 17.7 Å². The predicted octanol–water partition coefficient (Wildman–Crippen LogP) is 3.61. The van der Waals surface area contributed by atoms with Crippen molar-refractivity contribution in [2.75, 3.05) is 0 Å². The molecule has 0 amide bonds. The monoisotopic (exact) mass is 268 g/mol. The van der Waals surface area contributed by atoms with Crippen LogP contribution in [0.15, 0.2) is 41.0 Å². The topological polar surface area (TPSA) is 33.4 Å². The fourth-order valence-electron chi connectivity index (χ4n) is 1.80. The van der Waals surface area contributed by atoms with Gasteiger partial charge in [-0.15, -0.1) is 0 Å². The lowest BCUT2D eigenvalue weighted by Crippen LogP contribution is -2.11. The fourth-order valence-corrected chi connectivity index (χ4v) is 2.01. The van der Waals surface area contributed by atoms with Crippen LogP contribution in [0.5, 0.6) is 0 Å². The first kappa shape index (κ1) is 13.1. The molecule has 0 saturated carbocycles. The fraction of sp³-hybridized carbons (Fsp3) is 0.286. The van der Waals surface area contributed by atoms with Gasteiger partial charge < -0.3 is 9.52 Å². The van der Waals surface area contributed by atoms with Crippen molar-refractivity contribution < 1.29 is 13.9 Å². The Bertz CT molecular complexity index is 497. The lowest BCUT2D eigenvalue weighted by molar-refractivity contribution is 0.163. The van der Waals surface area contributed by atoms with Gasteiger partial charge in [-0.2, -0.15) is 0 Å². The van der Waals surface area contributed by atoms with Gasteiger partial charge in [-0.3, -0.25) is 0 Å². The Labute approximate surface area is 110 Å². The Hall–Kier alpha value is -1.32. The van der Waals surface area contributed by atoms with Gasteiger partial charge in [0, 0.05) is 6.42 Å². The molecule has 0 spiro atoms. The summed E-state index contributed by atoms with van der Waals surface area (Å²) in [4.78, 5) is 0. The van der Waals surface area contributed by atoms with Crippen molar-refractivity contribution in [3.63, 3.8) is 0 Å². The van der Waals surface area contributed by atoms with E-state index in [-0.39, 0.29) is 5.02 Å². The molecule has 0 bridgehead atoms. The van der Waals surface area contributed by atoms with E-state index < -0.39 is 11.9 Å². The average molecular weight is 269 g/mol. The van der Waals surface area contributed by atoms with E-state index >= 15 is 0 Å². The van der Waals surface area contributed by atoms with E-state index in [2.05, 4.69) is 0 Å². The number of hydrogen-bond acceptors (Lipinski definition) is 2. The molecule has 0 fully saturated rings. The quantitative estimate of drug-likeness (QED) is 0.899. The molecule has 0 saturated heterocycles. The molecule has 2 rings (SSSR count). The second-order valence-corrected chi connectivity index (χ2v) is 4.63. The molecule has 0 aliphatic heterocycles. The summed E-state index contributed by atoms with van der Waals surface area (Å²) in [7, 11) is 0. The van der Waals surface area contributed by atoms with Crippen LogP contribution in [0, 0.1) is 5.82 Å². The molecule has 0 radical (unpaired) electrons. The van der Waals surface area contributed by atoms with Crippen LogP contribution in [0.2, 0.25) is 5.02 Å². The Balaban J connectivity index is 1.86. The maximum atomic E-state index is 13.0. The summed E-state index contributed by atoms with van der Waals surface area (Å²) >= 11 is 5.68. The van der Waals surface area contributed by atoms with Crippen LogP contribution >= 0.6 is 11.6 Å². The van der Waals surface area contributed by atoms with Crippen LogP contribution in [0.4, 0.5) is 4.39 Å². The molecular weight excluding hydrogens is 255 g/mol. The lowest BCUT2D eigenvalue weighted by atomic mass is 10.0. The summed E-state index contributed by atoms with van der Waals surface area (Å²) in [5, 5.41) is 9.97. The SMILES string of the molecule is OC(CCc1ccco1)Cc1ccc(F)c(Cl)c1. The minimum absolute atomic E-state index is 0.0886. The summed E-state index contributed by atoms with van der Waals surface area (Å²) in [5.41, 5.74) is 0.827. The first-order valence-electron chi connectivity index (χ1n) is 5.79. The molecule has 1 aromatic carbocycles. The second-order valence-electron chi connectivity index (χ2n) is 4.22. The highest BCUT2D eigenvalue weighted by molar-refractivity contribution is 6.30. The van der Waals surface area contributed by atoms with E-state index in [0.29, 0.717) is 19.3 Å². The Morgan fingerprint density at radius 3 is 2.83 bits per heavy atom. The third-order valence-electron chi connectivity index (χ3n) is 2.76. The Morgan fingerprint density at radius 2 is 2.17 bits per heavy atom. The molecule has 1 N–H and O–H groups in total. The molecule has 0 aliphatic carbocycles. The number of aliphatic hydroxyl groups is 1. The van der Waals surface area contributed by atoms with Crippen LogP contribution in [0.1, 0.15) is 17.7 Å². The van der Waals surface area contributed by atoms with E-state index in [9.17, 15) is 9.50 Å². The summed E-state index contributed by atoms with van der Waals surface area (Å²) in [6.45, 7) is 0. The molecule has 18 heavy (non-hydrogen) atoms. The number of rotatable bonds is 5. The molecule has 4 heteroatoms. The second kappa shape index (κ2) is 6.03. The average Bonchev–Trinajstić information content (AvgIpc) is 2.84. The number of halogens is 2. The molecule has 2 nitrogen and oxygen atoms in total. The van der Waals surface area contributed by atoms with Crippen molar-refractivity contribution in [1.82, 2.24) is 0 Å². The Morgan fingerprint density at radius 1 is 1.33 bits per heavy atom. The highest BCUT2D eigenvalue weighted by atomic mass is 35.5. The highest BCUT2D eigenvalue weighted by Gasteiger charge is 2.09. The Kier molecular flexibility index (Phi) is 4.39. The van der Waals surface area contributed by atoms with Crippen LogP contribution in [0.25, 0.3) is 0 Å². The zero-order valence-electron chi connectivity index (χ0n) is 9.77. The van der Waals surface area contributed by atoms with Crippen molar-refractivity contribution in [3.8, 4) is 0 Å². The molecule has 2 aromatic rings. The molecule has 1 atom stereocenters. The molecule has 1 aromatic heterocycles. The van der Waals surface area contributed by atoms with Crippen LogP contribution in [0.3, 0.4) is 0 Å².